The maximum atomic E-state index is 12.3. The fourth-order valence-electron chi connectivity index (χ4n) is 3.54. The van der Waals surface area contributed by atoms with Gasteiger partial charge in [0.2, 0.25) is 5.91 Å². The van der Waals surface area contributed by atoms with E-state index < -0.39 is 0 Å². The molecule has 2 atom stereocenters. The first-order chi connectivity index (χ1) is 9.70. The molecule has 2 rings (SSSR count). The van der Waals surface area contributed by atoms with E-state index >= 15 is 0 Å². The molecule has 20 heavy (non-hydrogen) atoms. The summed E-state index contributed by atoms with van der Waals surface area (Å²) in [6.45, 7) is 4.98. The van der Waals surface area contributed by atoms with Gasteiger partial charge in [-0.25, -0.2) is 0 Å². The number of carbonyl (C=O) groups excluding carboxylic acids is 1. The average Bonchev–Trinajstić information content (AvgIpc) is 2.53. The number of piperidine rings is 1. The molecule has 2 unspecified atom stereocenters. The smallest absolute Gasteiger partial charge is 0.237 e. The highest BCUT2D eigenvalue weighted by molar-refractivity contribution is 5.81. The minimum Gasteiger partial charge on any atom is -0.354 e. The third kappa shape index (κ3) is 4.45. The number of likely N-dealkylation sites (N-methyl/N-ethyl adjacent to an activating group) is 1. The van der Waals surface area contributed by atoms with Crippen LogP contribution in [0.5, 0.6) is 0 Å². The third-order valence-electron chi connectivity index (χ3n) is 5.08. The number of rotatable bonds is 5. The Hall–Kier alpha value is -0.610. The molecule has 0 aromatic rings. The maximum Gasteiger partial charge on any atom is 0.237 e. The van der Waals surface area contributed by atoms with Gasteiger partial charge in [0, 0.05) is 19.1 Å². The highest BCUT2D eigenvalue weighted by Crippen LogP contribution is 2.22. The van der Waals surface area contributed by atoms with Gasteiger partial charge in [-0.05, 0) is 52.1 Å². The molecular formula is C16H31N3O. The van der Waals surface area contributed by atoms with Crippen LogP contribution in [0.4, 0.5) is 0 Å². The lowest BCUT2D eigenvalue weighted by atomic mass is 9.89. The summed E-state index contributed by atoms with van der Waals surface area (Å²) in [5.74, 6) is 0.929. The second kappa shape index (κ2) is 7.99. The molecule has 116 valence electrons. The number of hydrogen-bond donors (Lipinski definition) is 2. The summed E-state index contributed by atoms with van der Waals surface area (Å²) < 4.78 is 0. The van der Waals surface area contributed by atoms with Crippen molar-refractivity contribution >= 4 is 5.91 Å². The van der Waals surface area contributed by atoms with Gasteiger partial charge in [0.1, 0.15) is 0 Å². The van der Waals surface area contributed by atoms with Crippen molar-refractivity contribution in [3.05, 3.63) is 0 Å². The number of hydrogen-bond acceptors (Lipinski definition) is 3. The molecule has 1 aliphatic heterocycles. The summed E-state index contributed by atoms with van der Waals surface area (Å²) in [4.78, 5) is 14.6. The van der Waals surface area contributed by atoms with Crippen molar-refractivity contribution in [3.63, 3.8) is 0 Å². The fraction of sp³-hybridized carbons (Fsp3) is 0.938. The van der Waals surface area contributed by atoms with Crippen molar-refractivity contribution < 1.29 is 4.79 Å². The fourth-order valence-corrected chi connectivity index (χ4v) is 3.54. The van der Waals surface area contributed by atoms with Gasteiger partial charge in [-0.3, -0.25) is 9.69 Å². The minimum atomic E-state index is 0.00902. The predicted octanol–water partition coefficient (Wildman–Crippen LogP) is 1.76. The van der Waals surface area contributed by atoms with E-state index in [1.54, 1.807) is 0 Å². The molecule has 0 radical (unpaired) electrons. The number of likely N-dealkylation sites (tertiary alicyclic amines) is 1. The molecule has 4 nitrogen and oxygen atoms in total. The summed E-state index contributed by atoms with van der Waals surface area (Å²) in [5, 5.41) is 6.52. The van der Waals surface area contributed by atoms with Crippen LogP contribution in [0.3, 0.4) is 0 Å². The second-order valence-corrected chi connectivity index (χ2v) is 6.55. The van der Waals surface area contributed by atoms with Crippen LogP contribution in [-0.4, -0.2) is 49.6 Å². The zero-order chi connectivity index (χ0) is 14.4. The monoisotopic (exact) mass is 281 g/mol. The lowest BCUT2D eigenvalue weighted by molar-refractivity contribution is -0.126. The largest absolute Gasteiger partial charge is 0.354 e. The van der Waals surface area contributed by atoms with Crippen LogP contribution in [0.15, 0.2) is 0 Å². The highest BCUT2D eigenvalue weighted by atomic mass is 16.2. The molecule has 2 N–H and O–H groups in total. The van der Waals surface area contributed by atoms with E-state index in [1.807, 2.05) is 14.0 Å². The van der Waals surface area contributed by atoms with E-state index in [4.69, 9.17) is 0 Å². The van der Waals surface area contributed by atoms with Gasteiger partial charge in [0.15, 0.2) is 0 Å². The van der Waals surface area contributed by atoms with E-state index in [2.05, 4.69) is 15.5 Å². The zero-order valence-electron chi connectivity index (χ0n) is 13.2. The molecule has 4 heteroatoms. The Balaban J connectivity index is 1.73. The van der Waals surface area contributed by atoms with Gasteiger partial charge in [0.05, 0.1) is 6.04 Å². The molecular weight excluding hydrogens is 250 g/mol. The molecule has 1 saturated heterocycles. The van der Waals surface area contributed by atoms with Crippen LogP contribution in [0.2, 0.25) is 0 Å². The van der Waals surface area contributed by atoms with E-state index in [0.717, 1.165) is 19.6 Å². The van der Waals surface area contributed by atoms with Gasteiger partial charge < -0.3 is 10.6 Å². The summed E-state index contributed by atoms with van der Waals surface area (Å²) in [6, 6.07) is 0.548. The Labute approximate surface area is 123 Å². The molecule has 1 heterocycles. The van der Waals surface area contributed by atoms with Crippen LogP contribution < -0.4 is 10.6 Å². The topological polar surface area (TPSA) is 44.4 Å². The highest BCUT2D eigenvalue weighted by Gasteiger charge is 2.27. The Morgan fingerprint density at radius 2 is 1.95 bits per heavy atom. The first-order valence-electron chi connectivity index (χ1n) is 8.39. The molecule has 0 aromatic carbocycles. The van der Waals surface area contributed by atoms with Gasteiger partial charge in [-0.15, -0.1) is 0 Å². The van der Waals surface area contributed by atoms with E-state index in [9.17, 15) is 4.79 Å². The Kier molecular flexibility index (Phi) is 6.30. The average molecular weight is 281 g/mol. The molecule has 1 saturated carbocycles. The summed E-state index contributed by atoms with van der Waals surface area (Å²) >= 11 is 0. The molecule has 1 amide bonds. The number of carbonyl (C=O) groups is 1. The van der Waals surface area contributed by atoms with Crippen LogP contribution in [0.1, 0.15) is 51.9 Å². The quantitative estimate of drug-likeness (QED) is 0.807. The van der Waals surface area contributed by atoms with Crippen LogP contribution in [0.25, 0.3) is 0 Å². The summed E-state index contributed by atoms with van der Waals surface area (Å²) in [5.41, 5.74) is 0. The van der Waals surface area contributed by atoms with Gasteiger partial charge in [0.25, 0.3) is 0 Å². The molecule has 1 aliphatic carbocycles. The normalized spacial score (nSPS) is 27.2. The first-order valence-corrected chi connectivity index (χ1v) is 8.39. The summed E-state index contributed by atoms with van der Waals surface area (Å²) in [7, 11) is 2.02. The van der Waals surface area contributed by atoms with E-state index in [1.165, 1.54) is 44.9 Å². The zero-order valence-corrected chi connectivity index (χ0v) is 13.2. The first kappa shape index (κ1) is 15.8. The molecule has 2 fully saturated rings. The lowest BCUT2D eigenvalue weighted by Crippen LogP contribution is -2.53. The van der Waals surface area contributed by atoms with E-state index in [0.29, 0.717) is 12.0 Å². The van der Waals surface area contributed by atoms with Gasteiger partial charge in [-0.2, -0.15) is 0 Å². The number of nitrogens with zero attached hydrogens (tertiary/aromatic N) is 1. The Morgan fingerprint density at radius 1 is 1.20 bits per heavy atom. The molecule has 0 spiro atoms. The third-order valence-corrected chi connectivity index (χ3v) is 5.08. The van der Waals surface area contributed by atoms with Crippen molar-refractivity contribution in [1.29, 1.82) is 0 Å². The maximum absolute atomic E-state index is 12.3. The van der Waals surface area contributed by atoms with Crippen molar-refractivity contribution in [1.82, 2.24) is 15.5 Å². The van der Waals surface area contributed by atoms with Crippen molar-refractivity contribution in [3.8, 4) is 0 Å². The summed E-state index contributed by atoms with van der Waals surface area (Å²) in [6.07, 6.45) is 9.05. The molecule has 2 aliphatic rings. The van der Waals surface area contributed by atoms with Gasteiger partial charge >= 0.3 is 0 Å². The number of amides is 1. The van der Waals surface area contributed by atoms with Crippen LogP contribution in [-0.2, 0) is 4.79 Å². The Morgan fingerprint density at radius 3 is 2.65 bits per heavy atom. The molecule has 0 aromatic heterocycles. The van der Waals surface area contributed by atoms with Crippen molar-refractivity contribution in [2.45, 2.75) is 64.0 Å². The predicted molar refractivity (Wildman–Crippen MR) is 82.7 cm³/mol. The van der Waals surface area contributed by atoms with Crippen molar-refractivity contribution in [2.24, 2.45) is 5.92 Å². The molecule has 0 bridgehead atoms. The second-order valence-electron chi connectivity index (χ2n) is 6.55. The minimum absolute atomic E-state index is 0.00902. The van der Waals surface area contributed by atoms with E-state index in [-0.39, 0.29) is 11.9 Å². The SMILES string of the molecule is CNC1CCCN(C(C)C(=O)NCC2CCCCC2)C1. The van der Waals surface area contributed by atoms with Gasteiger partial charge in [-0.1, -0.05) is 19.3 Å². The van der Waals surface area contributed by atoms with Crippen LogP contribution in [0, 0.1) is 5.92 Å². The Bertz CT molecular complexity index is 302. The van der Waals surface area contributed by atoms with Crippen molar-refractivity contribution in [2.75, 3.05) is 26.7 Å². The van der Waals surface area contributed by atoms with Crippen LogP contribution >= 0.6 is 0 Å². The number of nitrogens with one attached hydrogen (secondary N) is 2. The standard InChI is InChI=1S/C16H31N3O/c1-13(19-10-6-9-15(12-19)17-2)16(20)18-11-14-7-4-3-5-8-14/h13-15,17H,3-12H2,1-2H3,(H,18,20). The lowest BCUT2D eigenvalue weighted by Gasteiger charge is -2.36.